The maximum Gasteiger partial charge on any atom is 0.407 e. The predicted molar refractivity (Wildman–Crippen MR) is 117 cm³/mol. The van der Waals surface area contributed by atoms with E-state index in [2.05, 4.69) is 30.7 Å². The van der Waals surface area contributed by atoms with Crippen molar-refractivity contribution in [3.63, 3.8) is 0 Å². The highest BCUT2D eigenvalue weighted by Gasteiger charge is 2.40. The molecule has 0 radical (unpaired) electrons. The van der Waals surface area contributed by atoms with E-state index in [0.29, 0.717) is 18.4 Å². The quantitative estimate of drug-likeness (QED) is 0.578. The average molecular weight is 438 g/mol. The molecule has 0 aliphatic heterocycles. The maximum absolute atomic E-state index is 12.1. The summed E-state index contributed by atoms with van der Waals surface area (Å²) < 4.78 is 12.5. The number of fused-ring (bicyclic) bond motifs is 1. The Hall–Kier alpha value is -3.27. The van der Waals surface area contributed by atoms with E-state index < -0.39 is 0 Å². The van der Waals surface area contributed by atoms with Gasteiger partial charge in [0.15, 0.2) is 5.82 Å². The number of alkyl carbamates (subject to hydrolysis) is 1. The molecule has 0 unspecified atom stereocenters. The number of carbonyl (C=O) groups excluding carboxylic acids is 1. The number of anilines is 2. The number of hydrogen-bond acceptors (Lipinski definition) is 8. The second-order valence-electron chi connectivity index (χ2n) is 8.86. The van der Waals surface area contributed by atoms with E-state index in [1.807, 2.05) is 25.4 Å². The molecule has 0 aromatic carbocycles. The van der Waals surface area contributed by atoms with Crippen molar-refractivity contribution in [2.45, 2.75) is 63.2 Å². The van der Waals surface area contributed by atoms with Crippen molar-refractivity contribution in [1.82, 2.24) is 29.9 Å². The Morgan fingerprint density at radius 1 is 1.25 bits per heavy atom. The molecule has 0 saturated heterocycles. The summed E-state index contributed by atoms with van der Waals surface area (Å²) in [5.74, 6) is 1.37. The predicted octanol–water partition coefficient (Wildman–Crippen LogP) is 3.32. The van der Waals surface area contributed by atoms with Gasteiger partial charge in [0.05, 0.1) is 12.3 Å². The lowest BCUT2D eigenvalue weighted by atomic mass is 10.0. The fraction of sp³-hybridized carbons (Fsp3) is 0.500. The van der Waals surface area contributed by atoms with Gasteiger partial charge in [-0.1, -0.05) is 0 Å². The van der Waals surface area contributed by atoms with Crippen LogP contribution in [0.1, 0.15) is 56.2 Å². The number of ether oxygens (including phenoxy) is 2. The van der Waals surface area contributed by atoms with Crippen LogP contribution >= 0.6 is 0 Å². The summed E-state index contributed by atoms with van der Waals surface area (Å²) in [6, 6.07) is 1.92. The number of carbonyl (C=O) groups is 1. The van der Waals surface area contributed by atoms with Crippen LogP contribution in [0.4, 0.5) is 16.6 Å². The number of amides is 1. The highest BCUT2D eigenvalue weighted by Crippen LogP contribution is 2.37. The van der Waals surface area contributed by atoms with Crippen LogP contribution in [0, 0.1) is 0 Å². The molecule has 3 heterocycles. The molecule has 2 fully saturated rings. The summed E-state index contributed by atoms with van der Waals surface area (Å²) in [5.41, 5.74) is 2.63. The standard InChI is InChI=1S/C22H27N7O3/c1-22(5-6-22)27-21(30)32-17-4-3-14(9-17)15-11-24-20(25-12-15)26-19-18-10-16(13-31-2)28-29(18)8-7-23-19/h7-8,10-12,14,17H,3-6,9,13H2,1-2H3,(H,27,30)(H,23,24,25,26)/t14-,17+/m0/s1. The van der Waals surface area contributed by atoms with Crippen molar-refractivity contribution in [1.29, 1.82) is 0 Å². The third kappa shape index (κ3) is 4.50. The van der Waals surface area contributed by atoms with E-state index in [1.54, 1.807) is 24.0 Å². The first-order chi connectivity index (χ1) is 15.5. The van der Waals surface area contributed by atoms with Crippen LogP contribution in [0.3, 0.4) is 0 Å². The molecule has 10 heteroatoms. The van der Waals surface area contributed by atoms with Crippen LogP contribution in [0.25, 0.3) is 5.52 Å². The van der Waals surface area contributed by atoms with E-state index in [0.717, 1.165) is 48.9 Å². The molecule has 3 aromatic heterocycles. The fourth-order valence-electron chi connectivity index (χ4n) is 4.10. The molecule has 0 bridgehead atoms. The zero-order chi connectivity index (χ0) is 22.1. The Morgan fingerprint density at radius 3 is 2.81 bits per heavy atom. The summed E-state index contributed by atoms with van der Waals surface area (Å²) in [7, 11) is 1.64. The topological polar surface area (TPSA) is 116 Å². The van der Waals surface area contributed by atoms with Crippen LogP contribution in [-0.2, 0) is 16.1 Å². The first-order valence-electron chi connectivity index (χ1n) is 10.9. The molecule has 2 saturated carbocycles. The summed E-state index contributed by atoms with van der Waals surface area (Å²) in [4.78, 5) is 25.4. The zero-order valence-electron chi connectivity index (χ0n) is 18.2. The average Bonchev–Trinajstić information content (AvgIpc) is 3.15. The largest absolute Gasteiger partial charge is 0.446 e. The van der Waals surface area contributed by atoms with Crippen LogP contribution in [0.15, 0.2) is 30.9 Å². The van der Waals surface area contributed by atoms with E-state index >= 15 is 0 Å². The van der Waals surface area contributed by atoms with Crippen LogP contribution in [-0.4, -0.2) is 49.4 Å². The first kappa shape index (κ1) is 20.6. The Morgan fingerprint density at radius 2 is 2.06 bits per heavy atom. The van der Waals surface area contributed by atoms with Crippen molar-refractivity contribution in [2.24, 2.45) is 0 Å². The molecule has 5 rings (SSSR count). The number of rotatable bonds is 7. The second-order valence-corrected chi connectivity index (χ2v) is 8.86. The summed E-state index contributed by atoms with van der Waals surface area (Å²) in [6.45, 7) is 2.47. The molecule has 0 spiro atoms. The van der Waals surface area contributed by atoms with E-state index in [9.17, 15) is 4.79 Å². The van der Waals surface area contributed by atoms with Gasteiger partial charge >= 0.3 is 6.09 Å². The minimum Gasteiger partial charge on any atom is -0.446 e. The lowest BCUT2D eigenvalue weighted by Gasteiger charge is -2.16. The SMILES string of the molecule is COCc1cc2c(Nc3ncc([C@H]4CC[C@@H](OC(=O)NC5(C)CC5)C4)cn3)nccn2n1. The monoisotopic (exact) mass is 437 g/mol. The van der Waals surface area contributed by atoms with Gasteiger partial charge in [-0.2, -0.15) is 5.10 Å². The van der Waals surface area contributed by atoms with E-state index in [4.69, 9.17) is 9.47 Å². The number of methoxy groups -OCH3 is 1. The molecule has 1 amide bonds. The molecule has 32 heavy (non-hydrogen) atoms. The lowest BCUT2D eigenvalue weighted by Crippen LogP contribution is -2.36. The fourth-order valence-corrected chi connectivity index (χ4v) is 4.10. The minimum atomic E-state index is -0.304. The number of nitrogens with one attached hydrogen (secondary N) is 2. The Bertz CT molecular complexity index is 1110. The van der Waals surface area contributed by atoms with Gasteiger partial charge in [0.25, 0.3) is 0 Å². The van der Waals surface area contributed by atoms with Crippen molar-refractivity contribution >= 4 is 23.4 Å². The van der Waals surface area contributed by atoms with Crippen molar-refractivity contribution < 1.29 is 14.3 Å². The van der Waals surface area contributed by atoms with Crippen LogP contribution in [0.5, 0.6) is 0 Å². The van der Waals surface area contributed by atoms with Crippen molar-refractivity contribution in [3.05, 3.63) is 42.1 Å². The zero-order valence-corrected chi connectivity index (χ0v) is 18.2. The van der Waals surface area contributed by atoms with E-state index in [-0.39, 0.29) is 23.7 Å². The second kappa shape index (κ2) is 8.34. The molecule has 10 nitrogen and oxygen atoms in total. The lowest BCUT2D eigenvalue weighted by molar-refractivity contribution is 0.0967. The Kier molecular flexibility index (Phi) is 5.38. The third-order valence-corrected chi connectivity index (χ3v) is 6.17. The van der Waals surface area contributed by atoms with Crippen molar-refractivity contribution in [2.75, 3.05) is 12.4 Å². The molecular weight excluding hydrogens is 410 g/mol. The van der Waals surface area contributed by atoms with Gasteiger partial charge in [0.1, 0.15) is 11.6 Å². The van der Waals surface area contributed by atoms with Gasteiger partial charge in [-0.15, -0.1) is 0 Å². The number of nitrogens with zero attached hydrogens (tertiary/aromatic N) is 5. The van der Waals surface area contributed by atoms with E-state index in [1.165, 1.54) is 0 Å². The Labute approximate surface area is 185 Å². The molecule has 168 valence electrons. The Balaban J connectivity index is 1.20. The molecule has 2 atom stereocenters. The summed E-state index contributed by atoms with van der Waals surface area (Å²) >= 11 is 0. The van der Waals surface area contributed by atoms with Gasteiger partial charge in [-0.3, -0.25) is 0 Å². The van der Waals surface area contributed by atoms with Gasteiger partial charge in [-0.25, -0.2) is 24.3 Å². The van der Waals surface area contributed by atoms with Crippen molar-refractivity contribution in [3.8, 4) is 0 Å². The number of hydrogen-bond donors (Lipinski definition) is 2. The molecule has 3 aromatic rings. The summed E-state index contributed by atoms with van der Waals surface area (Å²) in [6.07, 6.45) is 11.4. The van der Waals surface area contributed by atoms with Crippen LogP contribution < -0.4 is 10.6 Å². The van der Waals surface area contributed by atoms with Gasteiger partial charge in [0.2, 0.25) is 5.95 Å². The smallest absolute Gasteiger partial charge is 0.407 e. The minimum absolute atomic E-state index is 0.0623. The third-order valence-electron chi connectivity index (χ3n) is 6.17. The first-order valence-corrected chi connectivity index (χ1v) is 10.9. The van der Waals surface area contributed by atoms with Gasteiger partial charge in [-0.05, 0) is 56.6 Å². The van der Waals surface area contributed by atoms with Gasteiger partial charge in [0, 0.05) is 37.4 Å². The summed E-state index contributed by atoms with van der Waals surface area (Å²) in [5, 5.41) is 10.6. The molecular formula is C22H27N7O3. The van der Waals surface area contributed by atoms with Gasteiger partial charge < -0.3 is 20.1 Å². The van der Waals surface area contributed by atoms with Crippen LogP contribution in [0.2, 0.25) is 0 Å². The number of aromatic nitrogens is 5. The normalized spacial score (nSPS) is 21.4. The highest BCUT2D eigenvalue weighted by atomic mass is 16.6. The molecule has 2 aliphatic rings. The molecule has 2 N–H and O–H groups in total. The highest BCUT2D eigenvalue weighted by molar-refractivity contribution is 5.71. The maximum atomic E-state index is 12.1. The molecule has 2 aliphatic carbocycles.